The summed E-state index contributed by atoms with van der Waals surface area (Å²) in [6.45, 7) is 4.06. The summed E-state index contributed by atoms with van der Waals surface area (Å²) in [7, 11) is 3.83. The van der Waals surface area contributed by atoms with E-state index in [-0.39, 0.29) is 0 Å². The molecule has 0 saturated heterocycles. The molecular formula is C17H20ClN3. The summed E-state index contributed by atoms with van der Waals surface area (Å²) >= 11 is 6.09. The Balaban J connectivity index is 2.32. The quantitative estimate of drug-likeness (QED) is 0.662. The van der Waals surface area contributed by atoms with Crippen molar-refractivity contribution >= 4 is 28.7 Å². The van der Waals surface area contributed by atoms with Gasteiger partial charge in [-0.3, -0.25) is 5.01 Å². The van der Waals surface area contributed by atoms with Crippen molar-refractivity contribution in [2.24, 2.45) is 5.10 Å². The molecule has 0 aliphatic carbocycles. The molecule has 4 heteroatoms. The van der Waals surface area contributed by atoms with Gasteiger partial charge in [0.1, 0.15) is 0 Å². The van der Waals surface area contributed by atoms with Crippen molar-refractivity contribution in [2.45, 2.75) is 13.8 Å². The van der Waals surface area contributed by atoms with Gasteiger partial charge in [-0.05, 0) is 44.2 Å². The van der Waals surface area contributed by atoms with Gasteiger partial charge in [0.05, 0.1) is 11.4 Å². The summed E-state index contributed by atoms with van der Waals surface area (Å²) in [5.74, 6) is 0. The predicted molar refractivity (Wildman–Crippen MR) is 92.8 cm³/mol. The molecule has 0 aliphatic rings. The van der Waals surface area contributed by atoms with E-state index in [0.717, 1.165) is 22.6 Å². The Kier molecular flexibility index (Phi) is 4.86. The molecule has 0 saturated carbocycles. The van der Waals surface area contributed by atoms with Crippen molar-refractivity contribution in [3.8, 4) is 0 Å². The molecule has 110 valence electrons. The normalized spacial score (nSPS) is 11.4. The number of benzene rings is 2. The SMILES string of the molecule is CNc1ccc(Cl)cc1/C(C)=N\N(C)c1ccc(C)cc1. The standard InChI is InChI=1S/C17H20ClN3/c1-12-5-8-15(9-6-12)21(4)20-13(2)16-11-14(18)7-10-17(16)19-3/h5-11,19H,1-4H3/b20-13-. The third-order valence-electron chi connectivity index (χ3n) is 3.35. The molecule has 3 nitrogen and oxygen atoms in total. The highest BCUT2D eigenvalue weighted by molar-refractivity contribution is 6.31. The summed E-state index contributed by atoms with van der Waals surface area (Å²) < 4.78 is 0. The van der Waals surface area contributed by atoms with Crippen LogP contribution in [0.5, 0.6) is 0 Å². The van der Waals surface area contributed by atoms with E-state index in [4.69, 9.17) is 11.6 Å². The van der Waals surface area contributed by atoms with Gasteiger partial charge in [0, 0.05) is 30.4 Å². The van der Waals surface area contributed by atoms with Crippen LogP contribution < -0.4 is 10.3 Å². The molecule has 0 spiro atoms. The maximum absolute atomic E-state index is 6.09. The number of halogens is 1. The lowest BCUT2D eigenvalue weighted by molar-refractivity contribution is 1.01. The molecule has 0 bridgehead atoms. The van der Waals surface area contributed by atoms with Gasteiger partial charge in [-0.15, -0.1) is 0 Å². The summed E-state index contributed by atoms with van der Waals surface area (Å²) in [5, 5.41) is 10.4. The van der Waals surface area contributed by atoms with E-state index >= 15 is 0 Å². The van der Waals surface area contributed by atoms with Crippen LogP contribution in [0.2, 0.25) is 5.02 Å². The number of hydrazone groups is 1. The first-order valence-electron chi connectivity index (χ1n) is 6.84. The van der Waals surface area contributed by atoms with Crippen LogP contribution in [0, 0.1) is 6.92 Å². The second-order valence-electron chi connectivity index (χ2n) is 4.98. The predicted octanol–water partition coefficient (Wildman–Crippen LogP) is 4.55. The molecule has 0 aromatic heterocycles. The lowest BCUT2D eigenvalue weighted by Crippen LogP contribution is -2.13. The number of hydrogen-bond donors (Lipinski definition) is 1. The van der Waals surface area contributed by atoms with E-state index in [2.05, 4.69) is 41.6 Å². The second kappa shape index (κ2) is 6.64. The van der Waals surface area contributed by atoms with E-state index in [1.807, 2.05) is 44.2 Å². The maximum Gasteiger partial charge on any atom is 0.0672 e. The summed E-state index contributed by atoms with van der Waals surface area (Å²) in [6.07, 6.45) is 0. The Hall–Kier alpha value is -2.00. The fourth-order valence-electron chi connectivity index (χ4n) is 2.13. The molecule has 0 fully saturated rings. The van der Waals surface area contributed by atoms with E-state index in [9.17, 15) is 0 Å². The first kappa shape index (κ1) is 15.4. The molecule has 1 N–H and O–H groups in total. The van der Waals surface area contributed by atoms with Gasteiger partial charge in [-0.2, -0.15) is 5.10 Å². The van der Waals surface area contributed by atoms with Crippen LogP contribution in [0.4, 0.5) is 11.4 Å². The summed E-state index contributed by atoms with van der Waals surface area (Å²) in [6, 6.07) is 14.0. The monoisotopic (exact) mass is 301 g/mol. The molecule has 0 radical (unpaired) electrons. The van der Waals surface area contributed by atoms with Crippen molar-refractivity contribution in [1.29, 1.82) is 0 Å². The van der Waals surface area contributed by atoms with Crippen LogP contribution in [0.3, 0.4) is 0 Å². The van der Waals surface area contributed by atoms with Gasteiger partial charge >= 0.3 is 0 Å². The highest BCUT2D eigenvalue weighted by Crippen LogP contribution is 2.22. The fraction of sp³-hybridized carbons (Fsp3) is 0.235. The first-order valence-corrected chi connectivity index (χ1v) is 7.22. The Morgan fingerprint density at radius 2 is 1.81 bits per heavy atom. The molecule has 21 heavy (non-hydrogen) atoms. The Morgan fingerprint density at radius 3 is 2.43 bits per heavy atom. The minimum absolute atomic E-state index is 0.705. The van der Waals surface area contributed by atoms with Crippen LogP contribution in [0.25, 0.3) is 0 Å². The zero-order valence-corrected chi connectivity index (χ0v) is 13.6. The van der Waals surface area contributed by atoms with E-state index in [1.54, 1.807) is 0 Å². The van der Waals surface area contributed by atoms with Crippen LogP contribution >= 0.6 is 11.6 Å². The Morgan fingerprint density at radius 1 is 1.14 bits per heavy atom. The van der Waals surface area contributed by atoms with Gasteiger partial charge in [0.15, 0.2) is 0 Å². The number of nitrogens with zero attached hydrogens (tertiary/aromatic N) is 2. The maximum atomic E-state index is 6.09. The molecule has 0 unspecified atom stereocenters. The molecular weight excluding hydrogens is 282 g/mol. The van der Waals surface area contributed by atoms with Gasteiger partial charge in [0.25, 0.3) is 0 Å². The molecule has 2 aromatic carbocycles. The highest BCUT2D eigenvalue weighted by Gasteiger charge is 2.07. The average molecular weight is 302 g/mol. The zero-order valence-electron chi connectivity index (χ0n) is 12.8. The highest BCUT2D eigenvalue weighted by atomic mass is 35.5. The Bertz CT molecular complexity index is 648. The first-order chi connectivity index (χ1) is 10.0. The third-order valence-corrected chi connectivity index (χ3v) is 3.58. The van der Waals surface area contributed by atoms with E-state index in [1.165, 1.54) is 5.56 Å². The average Bonchev–Trinajstić information content (AvgIpc) is 2.47. The van der Waals surface area contributed by atoms with Gasteiger partial charge in [-0.25, -0.2) is 0 Å². The summed E-state index contributed by atoms with van der Waals surface area (Å²) in [5.41, 5.74) is 5.21. The molecule has 2 aromatic rings. The second-order valence-corrected chi connectivity index (χ2v) is 5.42. The minimum Gasteiger partial charge on any atom is -0.388 e. The number of rotatable bonds is 4. The molecule has 0 amide bonds. The third kappa shape index (κ3) is 3.76. The van der Waals surface area contributed by atoms with E-state index in [0.29, 0.717) is 5.02 Å². The molecule has 0 atom stereocenters. The Labute approximate surface area is 131 Å². The van der Waals surface area contributed by atoms with Crippen molar-refractivity contribution in [3.63, 3.8) is 0 Å². The van der Waals surface area contributed by atoms with Gasteiger partial charge < -0.3 is 5.32 Å². The molecule has 2 rings (SSSR count). The van der Waals surface area contributed by atoms with Gasteiger partial charge in [-0.1, -0.05) is 29.3 Å². The lowest BCUT2D eigenvalue weighted by atomic mass is 10.1. The van der Waals surface area contributed by atoms with Crippen molar-refractivity contribution in [1.82, 2.24) is 0 Å². The van der Waals surface area contributed by atoms with Crippen molar-refractivity contribution in [3.05, 3.63) is 58.6 Å². The van der Waals surface area contributed by atoms with Crippen LogP contribution in [-0.4, -0.2) is 19.8 Å². The van der Waals surface area contributed by atoms with Gasteiger partial charge in [0.2, 0.25) is 0 Å². The fourth-order valence-corrected chi connectivity index (χ4v) is 2.30. The summed E-state index contributed by atoms with van der Waals surface area (Å²) in [4.78, 5) is 0. The number of nitrogens with one attached hydrogen (secondary N) is 1. The number of hydrogen-bond acceptors (Lipinski definition) is 3. The topological polar surface area (TPSA) is 27.6 Å². The number of aryl methyl sites for hydroxylation is 1. The smallest absolute Gasteiger partial charge is 0.0672 e. The minimum atomic E-state index is 0.705. The lowest BCUT2D eigenvalue weighted by Gasteiger charge is -2.16. The largest absolute Gasteiger partial charge is 0.388 e. The van der Waals surface area contributed by atoms with Crippen LogP contribution in [0.1, 0.15) is 18.1 Å². The van der Waals surface area contributed by atoms with E-state index < -0.39 is 0 Å². The zero-order chi connectivity index (χ0) is 15.4. The van der Waals surface area contributed by atoms with Crippen molar-refractivity contribution in [2.75, 3.05) is 24.4 Å². The van der Waals surface area contributed by atoms with Crippen LogP contribution in [-0.2, 0) is 0 Å². The van der Waals surface area contributed by atoms with Crippen molar-refractivity contribution < 1.29 is 0 Å². The van der Waals surface area contributed by atoms with Crippen LogP contribution in [0.15, 0.2) is 47.6 Å². The molecule has 0 aliphatic heterocycles. The molecule has 0 heterocycles. The number of anilines is 2.